The Labute approximate surface area is 57.7 Å². The quantitative estimate of drug-likeness (QED) is 0.426. The second-order valence-electron chi connectivity index (χ2n) is 0.371. The zero-order valence-corrected chi connectivity index (χ0v) is 9.65. The Morgan fingerprint density at radius 2 is 2.00 bits per heavy atom. The molecule has 0 rings (SSSR count). The summed E-state index contributed by atoms with van der Waals surface area (Å²) >= 11 is -2.32. The second-order valence-corrected chi connectivity index (χ2v) is 1.11. The molecule has 0 aliphatic heterocycles. The van der Waals surface area contributed by atoms with Crippen LogP contribution in [0.3, 0.4) is 0 Å². The Hall–Kier alpha value is 0.953. The molecule has 0 bridgehead atoms. The molecule has 1 unspecified atom stereocenters. The minimum absolute atomic E-state index is 0. The van der Waals surface area contributed by atoms with Gasteiger partial charge in [0.15, 0.2) is 0 Å². The molecule has 0 fully saturated rings. The van der Waals surface area contributed by atoms with E-state index in [1.807, 2.05) is 0 Å². The predicted octanol–water partition coefficient (Wildman–Crippen LogP) is -1.76. The number of hydrogen-bond donors (Lipinski definition) is 0. The maximum atomic E-state index is 9.15. The van der Waals surface area contributed by atoms with E-state index in [0.29, 0.717) is 0 Å². The zero-order valence-electron chi connectivity index (χ0n) is 3.34. The average molecular weight is 307 g/mol. The van der Waals surface area contributed by atoms with Gasteiger partial charge in [-0.25, -0.2) is 4.21 Å². The van der Waals surface area contributed by atoms with E-state index in [1.54, 1.807) is 0 Å². The van der Waals surface area contributed by atoms with Gasteiger partial charge in [0.2, 0.25) is 0 Å². The predicted molar refractivity (Wildman–Crippen MR) is 25.9 cm³/mol. The van der Waals surface area contributed by atoms with Crippen LogP contribution in [0.15, 0.2) is 0 Å². The van der Waals surface area contributed by atoms with Crippen molar-refractivity contribution in [2.45, 2.75) is 0 Å². The second kappa shape index (κ2) is 5.95. The summed E-state index contributed by atoms with van der Waals surface area (Å²) in [6.07, 6.45) is 0. The summed E-state index contributed by atoms with van der Waals surface area (Å²) in [5.74, 6) is 0. The minimum atomic E-state index is -2.32. The number of rotatable bonds is 1. The molecular weight excluding hydrogens is 301 g/mol. The molecule has 0 heterocycles. The van der Waals surface area contributed by atoms with Crippen LogP contribution < -0.4 is 0 Å². The summed E-state index contributed by atoms with van der Waals surface area (Å²) in [6.45, 7) is 0. The van der Waals surface area contributed by atoms with Crippen molar-refractivity contribution >= 4 is 37.6 Å². The van der Waals surface area contributed by atoms with E-state index in [-0.39, 0.29) is 26.2 Å². The van der Waals surface area contributed by atoms with Gasteiger partial charge in [-0.05, 0) is 0 Å². The first-order chi connectivity index (χ1) is 2.27. The molecule has 0 aromatic heterocycles. The topological polar surface area (TPSA) is 49.4 Å². The third-order valence-corrected chi connectivity index (χ3v) is 0.408. The summed E-state index contributed by atoms with van der Waals surface area (Å²) in [5.41, 5.74) is 0. The van der Waals surface area contributed by atoms with Crippen LogP contribution in [-0.2, 0) is 15.5 Å². The molecule has 0 aliphatic carbocycles. The van der Waals surface area contributed by atoms with Crippen molar-refractivity contribution in [3.05, 3.63) is 0 Å². The first-order valence-electron chi connectivity index (χ1n) is 0.908. The molecule has 6 heavy (non-hydrogen) atoms. The van der Waals surface area contributed by atoms with E-state index in [9.17, 15) is 0 Å². The van der Waals surface area contributed by atoms with Gasteiger partial charge in [-0.15, -0.1) is 0 Å². The van der Waals surface area contributed by atoms with E-state index in [1.165, 1.54) is 0 Å². The van der Waals surface area contributed by atoms with Gasteiger partial charge in [-0.1, -0.05) is 0 Å². The molecule has 0 N–H and O–H groups in total. The molecule has 40 valence electrons. The molecule has 3 nitrogen and oxygen atoms in total. The molecule has 0 aliphatic rings. The zero-order chi connectivity index (χ0) is 4.28. The van der Waals surface area contributed by atoms with Crippen LogP contribution in [0.25, 0.3) is 0 Å². The standard InChI is InChI=1S/CH4O3S.Bi.3H/c1-4-5(2)3;;;;/h1H3,(H,2,3);;;;/p-1. The first-order valence-corrected chi connectivity index (χ1v) is 1.91. The summed E-state index contributed by atoms with van der Waals surface area (Å²) < 4.78 is 22.0. The summed E-state index contributed by atoms with van der Waals surface area (Å²) in [4.78, 5) is 0. The Morgan fingerprint density at radius 1 is 1.83 bits per heavy atom. The molecular formula is CH6BiO3S-. The Balaban J connectivity index is 0. The van der Waals surface area contributed by atoms with Gasteiger partial charge in [0.25, 0.3) is 0 Å². The monoisotopic (exact) mass is 307 g/mol. The van der Waals surface area contributed by atoms with Crippen LogP contribution in [0.5, 0.6) is 0 Å². The molecule has 0 radical (unpaired) electrons. The third kappa shape index (κ3) is 8.88. The van der Waals surface area contributed by atoms with E-state index >= 15 is 0 Å². The van der Waals surface area contributed by atoms with Crippen molar-refractivity contribution in [3.8, 4) is 0 Å². The molecule has 0 amide bonds. The summed E-state index contributed by atoms with van der Waals surface area (Å²) in [7, 11) is 1.09. The summed E-state index contributed by atoms with van der Waals surface area (Å²) in [6, 6.07) is 0. The van der Waals surface area contributed by atoms with Crippen LogP contribution in [0, 0.1) is 0 Å². The SMILES string of the molecule is COS(=O)[O-].[BiH3]. The normalized spacial score (nSPS) is 12.3. The van der Waals surface area contributed by atoms with E-state index < -0.39 is 11.4 Å². The van der Waals surface area contributed by atoms with Gasteiger partial charge in [0.1, 0.15) is 0 Å². The van der Waals surface area contributed by atoms with Crippen LogP contribution in [0.1, 0.15) is 0 Å². The van der Waals surface area contributed by atoms with E-state index in [0.717, 1.165) is 7.11 Å². The first kappa shape index (κ1) is 10.0. The van der Waals surface area contributed by atoms with Crippen molar-refractivity contribution in [2.24, 2.45) is 0 Å². The molecule has 5 heteroatoms. The van der Waals surface area contributed by atoms with Crippen LogP contribution in [-0.4, -0.2) is 42.1 Å². The van der Waals surface area contributed by atoms with Gasteiger partial charge in [0.05, 0.1) is 18.5 Å². The van der Waals surface area contributed by atoms with Crippen molar-refractivity contribution in [1.29, 1.82) is 0 Å². The van der Waals surface area contributed by atoms with Crippen molar-refractivity contribution in [3.63, 3.8) is 0 Å². The van der Waals surface area contributed by atoms with Gasteiger partial charge in [0, 0.05) is 0 Å². The van der Waals surface area contributed by atoms with Gasteiger partial charge < -0.3 is 8.74 Å². The van der Waals surface area contributed by atoms with Crippen molar-refractivity contribution in [2.75, 3.05) is 7.11 Å². The van der Waals surface area contributed by atoms with Crippen LogP contribution in [0.2, 0.25) is 0 Å². The molecule has 0 aromatic carbocycles. The average Bonchev–Trinajstić information content (AvgIpc) is 1.38. The maximum absolute atomic E-state index is 9.15. The number of hydrogen-bond acceptors (Lipinski definition) is 3. The summed E-state index contributed by atoms with van der Waals surface area (Å²) in [5, 5.41) is 0. The van der Waals surface area contributed by atoms with E-state index in [4.69, 9.17) is 8.76 Å². The fraction of sp³-hybridized carbons (Fsp3) is 1.00. The van der Waals surface area contributed by atoms with Gasteiger partial charge in [-0.2, -0.15) is 0 Å². The van der Waals surface area contributed by atoms with Gasteiger partial charge in [-0.3, -0.25) is 0 Å². The fourth-order valence-corrected chi connectivity index (χ4v) is 0. The Kier molecular flexibility index (Phi) is 9.97. The molecule has 1 atom stereocenters. The fourth-order valence-electron chi connectivity index (χ4n) is 0. The van der Waals surface area contributed by atoms with E-state index in [2.05, 4.69) is 4.18 Å². The van der Waals surface area contributed by atoms with Crippen molar-refractivity contribution < 1.29 is 12.9 Å². The Bertz CT molecular complexity index is 46.1. The molecule has 0 aromatic rings. The molecule has 0 spiro atoms. The molecule has 0 saturated carbocycles. The van der Waals surface area contributed by atoms with Crippen molar-refractivity contribution in [1.82, 2.24) is 0 Å². The third-order valence-electron chi connectivity index (χ3n) is 0.136. The molecule has 0 saturated heterocycles. The van der Waals surface area contributed by atoms with Gasteiger partial charge >= 0.3 is 26.2 Å². The van der Waals surface area contributed by atoms with Crippen LogP contribution >= 0.6 is 0 Å². The van der Waals surface area contributed by atoms with Crippen LogP contribution in [0.4, 0.5) is 0 Å². The Morgan fingerprint density at radius 3 is 2.00 bits per heavy atom.